The minimum Gasteiger partial charge on any atom is -0.301 e. The average molecular weight is 274 g/mol. The van der Waals surface area contributed by atoms with E-state index in [-0.39, 0.29) is 5.91 Å². The van der Waals surface area contributed by atoms with E-state index in [9.17, 15) is 4.79 Å². The molecule has 1 fully saturated rings. The molecule has 20 heavy (non-hydrogen) atoms. The Morgan fingerprint density at radius 2 is 1.85 bits per heavy atom. The Labute approximate surface area is 120 Å². The zero-order valence-electron chi connectivity index (χ0n) is 12.0. The van der Waals surface area contributed by atoms with Crippen LogP contribution in [0.5, 0.6) is 0 Å². The fourth-order valence-electron chi connectivity index (χ4n) is 2.22. The lowest BCUT2D eigenvalue weighted by atomic mass is 10.2. The maximum atomic E-state index is 11.8. The standard InChI is InChI=1S/C15H22N4O/c1-2-18-8-10-19(11-9-18)13-15(20)17-16-12-14-6-4-3-5-7-14/h3-7,12H,2,8-11,13H2,1H3,(H,17,20). The zero-order chi connectivity index (χ0) is 14.2. The Kier molecular flexibility index (Phi) is 5.70. The van der Waals surface area contributed by atoms with E-state index in [1.54, 1.807) is 6.21 Å². The quantitative estimate of drug-likeness (QED) is 0.637. The molecule has 0 radical (unpaired) electrons. The van der Waals surface area contributed by atoms with Crippen molar-refractivity contribution in [3.8, 4) is 0 Å². The van der Waals surface area contributed by atoms with Crippen molar-refractivity contribution in [1.29, 1.82) is 0 Å². The van der Waals surface area contributed by atoms with Gasteiger partial charge in [-0.1, -0.05) is 37.3 Å². The average Bonchev–Trinajstić information content (AvgIpc) is 2.49. The molecule has 1 amide bonds. The highest BCUT2D eigenvalue weighted by Gasteiger charge is 2.17. The van der Waals surface area contributed by atoms with E-state index in [1.165, 1.54) is 0 Å². The molecule has 2 rings (SSSR count). The van der Waals surface area contributed by atoms with Gasteiger partial charge >= 0.3 is 0 Å². The largest absolute Gasteiger partial charge is 0.301 e. The molecular weight excluding hydrogens is 252 g/mol. The Hall–Kier alpha value is -1.72. The van der Waals surface area contributed by atoms with Gasteiger partial charge in [0.25, 0.3) is 5.91 Å². The summed E-state index contributed by atoms with van der Waals surface area (Å²) in [4.78, 5) is 16.3. The molecule has 1 N–H and O–H groups in total. The third-order valence-corrected chi connectivity index (χ3v) is 3.48. The summed E-state index contributed by atoms with van der Waals surface area (Å²) in [7, 11) is 0. The smallest absolute Gasteiger partial charge is 0.254 e. The van der Waals surface area contributed by atoms with Gasteiger partial charge in [0.2, 0.25) is 0 Å². The molecule has 0 atom stereocenters. The molecule has 0 bridgehead atoms. The lowest BCUT2D eigenvalue weighted by Gasteiger charge is -2.33. The van der Waals surface area contributed by atoms with Crippen molar-refractivity contribution in [1.82, 2.24) is 15.2 Å². The van der Waals surface area contributed by atoms with Crippen LogP contribution in [-0.2, 0) is 4.79 Å². The molecule has 0 aliphatic carbocycles. The fourth-order valence-corrected chi connectivity index (χ4v) is 2.22. The predicted molar refractivity (Wildman–Crippen MR) is 80.7 cm³/mol. The summed E-state index contributed by atoms with van der Waals surface area (Å²) in [5.41, 5.74) is 3.56. The monoisotopic (exact) mass is 274 g/mol. The Balaban J connectivity index is 1.69. The number of nitrogens with one attached hydrogen (secondary N) is 1. The Morgan fingerprint density at radius 1 is 1.20 bits per heavy atom. The van der Waals surface area contributed by atoms with Gasteiger partial charge in [-0.05, 0) is 12.1 Å². The van der Waals surface area contributed by atoms with Crippen molar-refractivity contribution in [2.75, 3.05) is 39.3 Å². The second kappa shape index (κ2) is 7.77. The SMILES string of the molecule is CCN1CCN(CC(=O)NN=Cc2ccccc2)CC1. The van der Waals surface area contributed by atoms with Crippen LogP contribution in [0.2, 0.25) is 0 Å². The van der Waals surface area contributed by atoms with Crippen LogP contribution in [0.3, 0.4) is 0 Å². The highest BCUT2D eigenvalue weighted by Crippen LogP contribution is 2.00. The maximum Gasteiger partial charge on any atom is 0.254 e. The van der Waals surface area contributed by atoms with Gasteiger partial charge in [-0.3, -0.25) is 9.69 Å². The number of piperazine rings is 1. The summed E-state index contributed by atoms with van der Waals surface area (Å²) >= 11 is 0. The second-order valence-electron chi connectivity index (χ2n) is 4.91. The van der Waals surface area contributed by atoms with Gasteiger partial charge in [0.15, 0.2) is 0 Å². The molecule has 0 saturated carbocycles. The van der Waals surface area contributed by atoms with Crippen molar-refractivity contribution in [2.24, 2.45) is 5.10 Å². The lowest BCUT2D eigenvalue weighted by Crippen LogP contribution is -2.48. The first-order chi connectivity index (χ1) is 9.78. The molecular formula is C15H22N4O. The van der Waals surface area contributed by atoms with Gasteiger partial charge in [0.1, 0.15) is 0 Å². The van der Waals surface area contributed by atoms with Gasteiger partial charge < -0.3 is 4.90 Å². The first-order valence-corrected chi connectivity index (χ1v) is 7.09. The Morgan fingerprint density at radius 3 is 2.50 bits per heavy atom. The molecule has 0 spiro atoms. The fraction of sp³-hybridized carbons (Fsp3) is 0.467. The number of nitrogens with zero attached hydrogens (tertiary/aromatic N) is 3. The normalized spacial score (nSPS) is 17.4. The number of carbonyl (C=O) groups excluding carboxylic acids is 1. The first kappa shape index (κ1) is 14.7. The molecule has 1 heterocycles. The van der Waals surface area contributed by atoms with Crippen LogP contribution in [0.15, 0.2) is 35.4 Å². The van der Waals surface area contributed by atoms with Crippen LogP contribution in [0, 0.1) is 0 Å². The highest BCUT2D eigenvalue weighted by molar-refractivity contribution is 5.83. The van der Waals surface area contributed by atoms with Crippen molar-refractivity contribution in [2.45, 2.75) is 6.92 Å². The van der Waals surface area contributed by atoms with Gasteiger partial charge in [-0.2, -0.15) is 5.10 Å². The van der Waals surface area contributed by atoms with Crippen LogP contribution in [0.25, 0.3) is 0 Å². The highest BCUT2D eigenvalue weighted by atomic mass is 16.2. The molecule has 1 saturated heterocycles. The number of hydrogen-bond donors (Lipinski definition) is 1. The number of hydrogen-bond acceptors (Lipinski definition) is 4. The zero-order valence-corrected chi connectivity index (χ0v) is 12.0. The number of amides is 1. The van der Waals surface area contributed by atoms with Crippen molar-refractivity contribution in [3.63, 3.8) is 0 Å². The second-order valence-corrected chi connectivity index (χ2v) is 4.91. The molecule has 1 aliphatic rings. The maximum absolute atomic E-state index is 11.8. The minimum atomic E-state index is -0.0536. The third-order valence-electron chi connectivity index (χ3n) is 3.48. The predicted octanol–water partition coefficient (Wildman–Crippen LogP) is 0.774. The van der Waals surface area contributed by atoms with Gasteiger partial charge in [0.05, 0.1) is 12.8 Å². The van der Waals surface area contributed by atoms with E-state index in [0.29, 0.717) is 6.54 Å². The molecule has 5 nitrogen and oxygen atoms in total. The van der Waals surface area contributed by atoms with E-state index < -0.39 is 0 Å². The van der Waals surface area contributed by atoms with Crippen LogP contribution >= 0.6 is 0 Å². The molecule has 0 aromatic heterocycles. The molecule has 1 aromatic carbocycles. The van der Waals surface area contributed by atoms with Crippen LogP contribution < -0.4 is 5.43 Å². The van der Waals surface area contributed by atoms with E-state index >= 15 is 0 Å². The van der Waals surface area contributed by atoms with Crippen molar-refractivity contribution in [3.05, 3.63) is 35.9 Å². The number of likely N-dealkylation sites (N-methyl/N-ethyl adjacent to an activating group) is 1. The molecule has 1 aromatic rings. The summed E-state index contributed by atoms with van der Waals surface area (Å²) in [6.07, 6.45) is 1.66. The summed E-state index contributed by atoms with van der Waals surface area (Å²) in [6.45, 7) is 7.65. The van der Waals surface area contributed by atoms with Crippen molar-refractivity contribution < 1.29 is 4.79 Å². The van der Waals surface area contributed by atoms with Crippen LogP contribution in [0.1, 0.15) is 12.5 Å². The van der Waals surface area contributed by atoms with Gasteiger partial charge in [-0.15, -0.1) is 0 Å². The molecule has 0 unspecified atom stereocenters. The van der Waals surface area contributed by atoms with Crippen LogP contribution in [0.4, 0.5) is 0 Å². The topological polar surface area (TPSA) is 47.9 Å². The summed E-state index contributed by atoms with van der Waals surface area (Å²) in [5.74, 6) is -0.0536. The minimum absolute atomic E-state index is 0.0536. The molecule has 108 valence electrons. The van der Waals surface area contributed by atoms with E-state index in [1.807, 2.05) is 30.3 Å². The molecule has 5 heteroatoms. The summed E-state index contributed by atoms with van der Waals surface area (Å²) in [6, 6.07) is 9.72. The van der Waals surface area contributed by atoms with E-state index in [2.05, 4.69) is 27.3 Å². The first-order valence-electron chi connectivity index (χ1n) is 7.09. The van der Waals surface area contributed by atoms with E-state index in [4.69, 9.17) is 0 Å². The summed E-state index contributed by atoms with van der Waals surface area (Å²) in [5, 5.41) is 3.98. The number of carbonyl (C=O) groups is 1. The third kappa shape index (κ3) is 4.75. The number of benzene rings is 1. The van der Waals surface area contributed by atoms with Crippen molar-refractivity contribution >= 4 is 12.1 Å². The molecule has 1 aliphatic heterocycles. The Bertz CT molecular complexity index is 438. The van der Waals surface area contributed by atoms with E-state index in [0.717, 1.165) is 38.3 Å². The lowest BCUT2D eigenvalue weighted by molar-refractivity contribution is -0.122. The van der Waals surface area contributed by atoms with Gasteiger partial charge in [0, 0.05) is 26.2 Å². The number of hydrazone groups is 1. The number of rotatable bonds is 5. The summed E-state index contributed by atoms with van der Waals surface area (Å²) < 4.78 is 0. The van der Waals surface area contributed by atoms with Crippen LogP contribution in [-0.4, -0.2) is 61.2 Å². The van der Waals surface area contributed by atoms with Gasteiger partial charge in [-0.25, -0.2) is 5.43 Å².